The number of carbonyl (C=O) groups excluding carboxylic acids is 3. The van der Waals surface area contributed by atoms with Crippen LogP contribution in [0.5, 0.6) is 5.75 Å². The SMILES string of the molecule is COC(=O)CN1C(=O)[C@@H]2C[C@@H](O)CN2C2(CN(Cc3cccc(OC)c3)C2)C1=O. The summed E-state index contributed by atoms with van der Waals surface area (Å²) in [5.41, 5.74) is 0.158. The van der Waals surface area contributed by atoms with E-state index in [1.807, 2.05) is 29.2 Å². The Balaban J connectivity index is 1.54. The Labute approximate surface area is 168 Å². The number of amides is 2. The van der Waals surface area contributed by atoms with Crippen molar-refractivity contribution in [1.82, 2.24) is 14.7 Å². The van der Waals surface area contributed by atoms with E-state index in [0.717, 1.165) is 16.2 Å². The highest BCUT2D eigenvalue weighted by molar-refractivity contribution is 6.07. The Hall–Kier alpha value is -2.49. The summed E-state index contributed by atoms with van der Waals surface area (Å²) in [5.74, 6) is -0.695. The minimum atomic E-state index is -0.900. The number of fused-ring (bicyclic) bond motifs is 2. The molecule has 2 amide bonds. The van der Waals surface area contributed by atoms with E-state index in [0.29, 0.717) is 19.6 Å². The van der Waals surface area contributed by atoms with Crippen LogP contribution in [0.25, 0.3) is 0 Å². The first-order valence-corrected chi connectivity index (χ1v) is 9.60. The van der Waals surface area contributed by atoms with Gasteiger partial charge in [-0.05, 0) is 24.1 Å². The average Bonchev–Trinajstić information content (AvgIpc) is 3.08. The number of nitrogens with zero attached hydrogens (tertiary/aromatic N) is 3. The molecule has 0 radical (unpaired) electrons. The van der Waals surface area contributed by atoms with Crippen LogP contribution >= 0.6 is 0 Å². The van der Waals surface area contributed by atoms with Gasteiger partial charge in [0.1, 0.15) is 17.8 Å². The third-order valence-corrected chi connectivity index (χ3v) is 6.05. The van der Waals surface area contributed by atoms with E-state index in [9.17, 15) is 19.5 Å². The zero-order chi connectivity index (χ0) is 20.8. The van der Waals surface area contributed by atoms with Gasteiger partial charge in [0.15, 0.2) is 0 Å². The van der Waals surface area contributed by atoms with Gasteiger partial charge in [0.05, 0.1) is 26.4 Å². The Bertz CT molecular complexity index is 837. The van der Waals surface area contributed by atoms with Crippen molar-refractivity contribution in [3.8, 4) is 5.75 Å². The predicted molar refractivity (Wildman–Crippen MR) is 101 cm³/mol. The Morgan fingerprint density at radius 3 is 2.72 bits per heavy atom. The Kier molecular flexibility index (Phi) is 5.05. The number of aliphatic hydroxyl groups is 1. The van der Waals surface area contributed by atoms with Crippen molar-refractivity contribution in [2.24, 2.45) is 0 Å². The molecule has 9 nitrogen and oxygen atoms in total. The van der Waals surface area contributed by atoms with Crippen molar-refractivity contribution in [1.29, 1.82) is 0 Å². The summed E-state index contributed by atoms with van der Waals surface area (Å²) in [5, 5.41) is 10.1. The van der Waals surface area contributed by atoms with Gasteiger partial charge in [-0.1, -0.05) is 12.1 Å². The van der Waals surface area contributed by atoms with Crippen molar-refractivity contribution in [3.05, 3.63) is 29.8 Å². The molecule has 3 fully saturated rings. The van der Waals surface area contributed by atoms with Gasteiger partial charge in [0, 0.05) is 26.2 Å². The topological polar surface area (TPSA) is 99.6 Å². The number of rotatable bonds is 5. The van der Waals surface area contributed by atoms with Gasteiger partial charge in [-0.3, -0.25) is 29.1 Å². The Morgan fingerprint density at radius 1 is 1.28 bits per heavy atom. The summed E-state index contributed by atoms with van der Waals surface area (Å²) in [6.07, 6.45) is -0.402. The molecular weight excluding hydrogens is 378 g/mol. The highest BCUT2D eigenvalue weighted by Gasteiger charge is 2.64. The number of likely N-dealkylation sites (tertiary alicyclic amines) is 1. The first kappa shape index (κ1) is 19.8. The van der Waals surface area contributed by atoms with Gasteiger partial charge in [0.25, 0.3) is 5.91 Å². The summed E-state index contributed by atoms with van der Waals surface area (Å²) >= 11 is 0. The normalized spacial score (nSPS) is 26.4. The molecule has 29 heavy (non-hydrogen) atoms. The number of carbonyl (C=O) groups is 3. The van der Waals surface area contributed by atoms with Crippen molar-refractivity contribution in [2.75, 3.05) is 40.4 Å². The number of hydrogen-bond acceptors (Lipinski definition) is 8. The number of piperazine rings is 1. The summed E-state index contributed by atoms with van der Waals surface area (Å²) in [4.78, 5) is 42.8. The van der Waals surface area contributed by atoms with Crippen LogP contribution in [0.1, 0.15) is 12.0 Å². The van der Waals surface area contributed by atoms with E-state index >= 15 is 0 Å². The third-order valence-electron chi connectivity index (χ3n) is 6.05. The number of aliphatic hydroxyl groups excluding tert-OH is 1. The fraction of sp³-hybridized carbons (Fsp3) is 0.550. The molecule has 0 aromatic heterocycles. The maximum atomic E-state index is 13.3. The maximum absolute atomic E-state index is 13.3. The fourth-order valence-corrected chi connectivity index (χ4v) is 4.67. The van der Waals surface area contributed by atoms with Crippen molar-refractivity contribution in [2.45, 2.75) is 30.7 Å². The number of imide groups is 1. The molecule has 0 bridgehead atoms. The van der Waals surface area contributed by atoms with Gasteiger partial charge in [-0.2, -0.15) is 0 Å². The van der Waals surface area contributed by atoms with Crippen LogP contribution < -0.4 is 4.74 Å². The lowest BCUT2D eigenvalue weighted by Crippen LogP contribution is -2.81. The molecule has 1 aromatic rings. The van der Waals surface area contributed by atoms with Crippen molar-refractivity contribution >= 4 is 17.8 Å². The standard InChI is InChI=1S/C20H25N3O6/c1-28-15-5-3-4-13(6-15)8-21-11-20(12-21)19(27)22(10-17(25)29-2)18(26)16-7-14(24)9-23(16)20/h3-6,14,16,24H,7-12H2,1-2H3/t14-,16+/m1/s1. The molecule has 3 aliphatic rings. The molecular formula is C20H25N3O6. The van der Waals surface area contributed by atoms with Crippen LogP contribution in [0, 0.1) is 0 Å². The van der Waals surface area contributed by atoms with Crippen LogP contribution in [0.4, 0.5) is 0 Å². The van der Waals surface area contributed by atoms with Gasteiger partial charge in [0.2, 0.25) is 5.91 Å². The molecule has 2 atom stereocenters. The molecule has 3 saturated heterocycles. The van der Waals surface area contributed by atoms with Crippen LogP contribution in [-0.2, 0) is 25.7 Å². The number of esters is 1. The Morgan fingerprint density at radius 2 is 2.03 bits per heavy atom. The van der Waals surface area contributed by atoms with Crippen LogP contribution in [0.3, 0.4) is 0 Å². The van der Waals surface area contributed by atoms with Crippen molar-refractivity contribution in [3.63, 3.8) is 0 Å². The summed E-state index contributed by atoms with van der Waals surface area (Å²) in [7, 11) is 2.84. The zero-order valence-electron chi connectivity index (χ0n) is 16.5. The highest BCUT2D eigenvalue weighted by Crippen LogP contribution is 2.40. The fourth-order valence-electron chi connectivity index (χ4n) is 4.67. The molecule has 0 saturated carbocycles. The van der Waals surface area contributed by atoms with E-state index in [1.54, 1.807) is 7.11 Å². The third kappa shape index (κ3) is 3.29. The second-order valence-electron chi connectivity index (χ2n) is 7.89. The summed E-state index contributed by atoms with van der Waals surface area (Å²) in [6, 6.07) is 7.14. The van der Waals surface area contributed by atoms with Gasteiger partial charge in [-0.15, -0.1) is 0 Å². The molecule has 0 unspecified atom stereocenters. The van der Waals surface area contributed by atoms with E-state index in [2.05, 4.69) is 9.64 Å². The lowest BCUT2D eigenvalue weighted by Gasteiger charge is -2.58. The minimum absolute atomic E-state index is 0.265. The van der Waals surface area contributed by atoms with Crippen LogP contribution in [-0.4, -0.2) is 95.7 Å². The van der Waals surface area contributed by atoms with E-state index in [-0.39, 0.29) is 18.9 Å². The molecule has 3 aliphatic heterocycles. The second-order valence-corrected chi connectivity index (χ2v) is 7.89. The minimum Gasteiger partial charge on any atom is -0.497 e. The predicted octanol–water partition coefficient (Wildman–Crippen LogP) is -0.773. The zero-order valence-corrected chi connectivity index (χ0v) is 16.5. The van der Waals surface area contributed by atoms with E-state index in [1.165, 1.54) is 7.11 Å². The lowest BCUT2D eigenvalue weighted by molar-refractivity contribution is -0.183. The number of ether oxygens (including phenoxy) is 2. The van der Waals surface area contributed by atoms with Crippen molar-refractivity contribution < 1.29 is 29.0 Å². The largest absolute Gasteiger partial charge is 0.497 e. The first-order valence-electron chi connectivity index (χ1n) is 9.60. The van der Waals surface area contributed by atoms with E-state index < -0.39 is 36.1 Å². The molecule has 1 spiro atoms. The van der Waals surface area contributed by atoms with Gasteiger partial charge in [-0.25, -0.2) is 0 Å². The average molecular weight is 403 g/mol. The second kappa shape index (κ2) is 7.40. The smallest absolute Gasteiger partial charge is 0.325 e. The summed E-state index contributed by atoms with van der Waals surface area (Å²) in [6.45, 7) is 1.38. The highest BCUT2D eigenvalue weighted by atomic mass is 16.5. The van der Waals surface area contributed by atoms with Crippen LogP contribution in [0.15, 0.2) is 24.3 Å². The number of β-amino-alcohol motifs (C(OH)–C–C–N with tert-alkyl or cyclic N) is 1. The van der Waals surface area contributed by atoms with Gasteiger partial charge >= 0.3 is 5.97 Å². The first-order chi connectivity index (χ1) is 13.9. The van der Waals surface area contributed by atoms with E-state index in [4.69, 9.17) is 4.74 Å². The number of hydrogen-bond donors (Lipinski definition) is 1. The monoisotopic (exact) mass is 403 g/mol. The molecule has 156 valence electrons. The molecule has 0 aliphatic carbocycles. The van der Waals surface area contributed by atoms with Gasteiger partial charge < -0.3 is 14.6 Å². The molecule has 9 heteroatoms. The number of benzene rings is 1. The maximum Gasteiger partial charge on any atom is 0.325 e. The number of methoxy groups -OCH3 is 2. The lowest BCUT2D eigenvalue weighted by atomic mass is 9.82. The summed E-state index contributed by atoms with van der Waals surface area (Å²) < 4.78 is 9.91. The van der Waals surface area contributed by atoms with Crippen LogP contribution in [0.2, 0.25) is 0 Å². The quantitative estimate of drug-likeness (QED) is 0.505. The molecule has 1 N–H and O–H groups in total. The molecule has 4 rings (SSSR count). The molecule has 3 heterocycles. The molecule has 1 aromatic carbocycles.